The van der Waals surface area contributed by atoms with Crippen molar-refractivity contribution < 1.29 is 4.42 Å². The van der Waals surface area contributed by atoms with E-state index in [1.807, 2.05) is 12.1 Å². The molecule has 0 atom stereocenters. The minimum Gasteiger partial charge on any atom is -0.453 e. The van der Waals surface area contributed by atoms with Gasteiger partial charge in [-0.05, 0) is 30.3 Å². The third-order valence-electron chi connectivity index (χ3n) is 3.43. The molecule has 3 aromatic rings. The van der Waals surface area contributed by atoms with Crippen molar-refractivity contribution in [1.29, 1.82) is 0 Å². The highest BCUT2D eigenvalue weighted by Crippen LogP contribution is 2.31. The largest absolute Gasteiger partial charge is 0.453 e. The van der Waals surface area contributed by atoms with Gasteiger partial charge in [0.25, 0.3) is 0 Å². The monoisotopic (exact) mass is 391 g/mol. The number of rotatable bonds is 5. The molecule has 0 spiro atoms. The van der Waals surface area contributed by atoms with E-state index in [4.69, 9.17) is 27.6 Å². The first-order chi connectivity index (χ1) is 12.2. The lowest BCUT2D eigenvalue weighted by Gasteiger charge is -1.99. The van der Waals surface area contributed by atoms with Crippen LogP contribution in [0, 0.1) is 0 Å². The van der Waals surface area contributed by atoms with E-state index in [1.165, 1.54) is 11.8 Å². The van der Waals surface area contributed by atoms with Crippen molar-refractivity contribution in [2.24, 2.45) is 10.2 Å². The van der Waals surface area contributed by atoms with Crippen molar-refractivity contribution in [1.82, 2.24) is 15.2 Å². The van der Waals surface area contributed by atoms with E-state index in [0.717, 1.165) is 17.7 Å². The highest BCUT2D eigenvalue weighted by molar-refractivity contribution is 7.99. The van der Waals surface area contributed by atoms with Gasteiger partial charge >= 0.3 is 0 Å². The number of thioether (sulfide) groups is 1. The van der Waals surface area contributed by atoms with Gasteiger partial charge in [0.2, 0.25) is 5.16 Å². The van der Waals surface area contributed by atoms with Gasteiger partial charge in [0.15, 0.2) is 11.6 Å². The number of hydrogen-bond acceptors (Lipinski definition) is 6. The average molecular weight is 392 g/mol. The Morgan fingerprint density at radius 3 is 2.68 bits per heavy atom. The number of nitrogens with one attached hydrogen (secondary N) is 1. The summed E-state index contributed by atoms with van der Waals surface area (Å²) in [5, 5.41) is 16.7. The summed E-state index contributed by atoms with van der Waals surface area (Å²) in [4.78, 5) is 4.44. The number of nitrogens with zero attached hydrogens (tertiary/aromatic N) is 4. The second-order valence-electron chi connectivity index (χ2n) is 5.25. The molecule has 25 heavy (non-hydrogen) atoms. The lowest BCUT2D eigenvalue weighted by molar-refractivity contribution is 0.592. The molecule has 0 fully saturated rings. The van der Waals surface area contributed by atoms with Crippen LogP contribution in [0.25, 0.3) is 22.9 Å². The summed E-state index contributed by atoms with van der Waals surface area (Å²) in [7, 11) is 0. The molecule has 0 unspecified atom stereocenters. The summed E-state index contributed by atoms with van der Waals surface area (Å²) in [5.74, 6) is 2.52. The van der Waals surface area contributed by atoms with Gasteiger partial charge in [0, 0.05) is 34.0 Å². The van der Waals surface area contributed by atoms with E-state index >= 15 is 0 Å². The van der Waals surface area contributed by atoms with E-state index in [9.17, 15) is 0 Å². The molecular weight excluding hydrogens is 381 g/mol. The van der Waals surface area contributed by atoms with Crippen LogP contribution in [-0.2, 0) is 0 Å². The summed E-state index contributed by atoms with van der Waals surface area (Å²) in [6, 6.07) is 8.94. The molecule has 1 aromatic carbocycles. The second-order valence-corrected chi connectivity index (χ2v) is 7.06. The molecule has 0 bridgehead atoms. The molecule has 3 heterocycles. The summed E-state index contributed by atoms with van der Waals surface area (Å²) >= 11 is 13.6. The Hall–Kier alpha value is -2.09. The van der Waals surface area contributed by atoms with Crippen molar-refractivity contribution in [2.75, 3.05) is 5.75 Å². The fourth-order valence-corrected chi connectivity index (χ4v) is 3.55. The molecule has 1 aliphatic heterocycles. The third kappa shape index (κ3) is 3.78. The molecule has 9 heteroatoms. The second kappa shape index (κ2) is 7.03. The minimum atomic E-state index is 0.553. The van der Waals surface area contributed by atoms with Gasteiger partial charge < -0.3 is 4.42 Å². The number of aromatic amines is 1. The predicted molar refractivity (Wildman–Crippen MR) is 101 cm³/mol. The predicted octanol–water partition coefficient (Wildman–Crippen LogP) is 4.96. The zero-order valence-corrected chi connectivity index (χ0v) is 15.1. The number of benzene rings is 1. The zero-order chi connectivity index (χ0) is 17.2. The van der Waals surface area contributed by atoms with Crippen LogP contribution in [0.3, 0.4) is 0 Å². The molecule has 0 radical (unpaired) electrons. The van der Waals surface area contributed by atoms with Crippen LogP contribution in [0.15, 0.2) is 50.1 Å². The Morgan fingerprint density at radius 1 is 1.12 bits per heavy atom. The molecule has 1 aliphatic rings. The van der Waals surface area contributed by atoms with Gasteiger partial charge in [-0.1, -0.05) is 35.0 Å². The Balaban J connectivity index is 1.50. The first kappa shape index (κ1) is 16.4. The Labute approximate surface area is 157 Å². The number of halogens is 2. The molecule has 0 amide bonds. The Kier molecular flexibility index (Phi) is 4.61. The summed E-state index contributed by atoms with van der Waals surface area (Å²) in [5.41, 5.74) is 1.81. The number of furan rings is 1. The topological polar surface area (TPSA) is 79.4 Å². The molecule has 0 aliphatic carbocycles. The van der Waals surface area contributed by atoms with Gasteiger partial charge in [-0.2, -0.15) is 15.2 Å². The van der Waals surface area contributed by atoms with Crippen molar-refractivity contribution >= 4 is 46.9 Å². The van der Waals surface area contributed by atoms with Crippen molar-refractivity contribution in [3.05, 3.63) is 40.4 Å². The van der Waals surface area contributed by atoms with Crippen LogP contribution in [-0.4, -0.2) is 32.9 Å². The normalized spacial score (nSPS) is 13.4. The standard InChI is InChI=1S/C16H11Cl2N5OS/c17-10-5-9(6-11(18)7-10)13-1-2-14(24-13)15-20-16(23-22-15)25-8-12-3-4-19-21-12/h1-2,4-7H,3,8H2,(H,20,22,23). The highest BCUT2D eigenvalue weighted by Gasteiger charge is 2.13. The van der Waals surface area contributed by atoms with Crippen molar-refractivity contribution in [3.63, 3.8) is 0 Å². The number of H-pyrrole nitrogens is 1. The fraction of sp³-hybridized carbons (Fsp3) is 0.125. The van der Waals surface area contributed by atoms with Crippen LogP contribution in [0.5, 0.6) is 0 Å². The molecule has 2 aromatic heterocycles. The summed E-state index contributed by atoms with van der Waals surface area (Å²) < 4.78 is 5.85. The molecule has 0 saturated carbocycles. The van der Waals surface area contributed by atoms with Crippen molar-refractivity contribution in [3.8, 4) is 22.9 Å². The highest BCUT2D eigenvalue weighted by atomic mass is 35.5. The van der Waals surface area contributed by atoms with Crippen LogP contribution < -0.4 is 0 Å². The van der Waals surface area contributed by atoms with Gasteiger partial charge in [-0.25, -0.2) is 0 Å². The molecular formula is C16H11Cl2N5OS. The van der Waals surface area contributed by atoms with E-state index in [1.54, 1.807) is 24.4 Å². The third-order valence-corrected chi connectivity index (χ3v) is 4.78. The lowest BCUT2D eigenvalue weighted by atomic mass is 10.2. The van der Waals surface area contributed by atoms with Crippen LogP contribution >= 0.6 is 35.0 Å². The van der Waals surface area contributed by atoms with Gasteiger partial charge in [-0.3, -0.25) is 5.10 Å². The van der Waals surface area contributed by atoms with Gasteiger partial charge in [0.1, 0.15) is 5.76 Å². The molecule has 6 nitrogen and oxygen atoms in total. The summed E-state index contributed by atoms with van der Waals surface area (Å²) in [6.45, 7) is 0. The van der Waals surface area contributed by atoms with Crippen LogP contribution in [0.4, 0.5) is 0 Å². The first-order valence-electron chi connectivity index (χ1n) is 7.36. The quantitative estimate of drug-likeness (QED) is 0.623. The molecule has 126 valence electrons. The maximum absolute atomic E-state index is 6.04. The minimum absolute atomic E-state index is 0.553. The Morgan fingerprint density at radius 2 is 1.92 bits per heavy atom. The van der Waals surface area contributed by atoms with E-state index in [-0.39, 0.29) is 0 Å². The maximum Gasteiger partial charge on any atom is 0.209 e. The number of aromatic nitrogens is 3. The molecule has 1 N–H and O–H groups in total. The van der Waals surface area contributed by atoms with E-state index < -0.39 is 0 Å². The number of hydrogen-bond donors (Lipinski definition) is 1. The zero-order valence-electron chi connectivity index (χ0n) is 12.7. The first-order valence-corrected chi connectivity index (χ1v) is 9.10. The van der Waals surface area contributed by atoms with Gasteiger partial charge in [0.05, 0.1) is 5.71 Å². The smallest absolute Gasteiger partial charge is 0.209 e. The lowest BCUT2D eigenvalue weighted by Crippen LogP contribution is -1.98. The SMILES string of the molecule is Clc1cc(Cl)cc(-c2ccc(-c3nc(SCC4=NN=CC4)n[nH]3)o2)c1. The van der Waals surface area contributed by atoms with Crippen LogP contribution in [0.1, 0.15) is 6.42 Å². The average Bonchev–Trinajstić information content (AvgIpc) is 3.32. The fourth-order valence-electron chi connectivity index (χ4n) is 2.28. The van der Waals surface area contributed by atoms with E-state index in [2.05, 4.69) is 25.4 Å². The van der Waals surface area contributed by atoms with Crippen LogP contribution in [0.2, 0.25) is 10.0 Å². The van der Waals surface area contributed by atoms with E-state index in [0.29, 0.717) is 38.3 Å². The molecule has 4 rings (SSSR count). The summed E-state index contributed by atoms with van der Waals surface area (Å²) in [6.07, 6.45) is 2.57. The Bertz CT molecular complexity index is 958. The van der Waals surface area contributed by atoms with Crippen molar-refractivity contribution in [2.45, 2.75) is 11.6 Å². The van der Waals surface area contributed by atoms with Gasteiger partial charge in [-0.15, -0.1) is 5.10 Å². The molecule has 0 saturated heterocycles. The maximum atomic E-state index is 6.04.